The van der Waals surface area contributed by atoms with E-state index in [0.717, 1.165) is 22.9 Å². The summed E-state index contributed by atoms with van der Waals surface area (Å²) in [6, 6.07) is 9.80. The predicted octanol–water partition coefficient (Wildman–Crippen LogP) is 4.14. The summed E-state index contributed by atoms with van der Waals surface area (Å²) >= 11 is 1.59. The Morgan fingerprint density at radius 2 is 2.06 bits per heavy atom. The van der Waals surface area contributed by atoms with Gasteiger partial charge < -0.3 is 4.74 Å². The van der Waals surface area contributed by atoms with Gasteiger partial charge >= 0.3 is 5.69 Å². The molecular weight excluding hydrogens is 441 g/mol. The fourth-order valence-electron chi connectivity index (χ4n) is 4.06. The van der Waals surface area contributed by atoms with Crippen molar-refractivity contribution in [3.05, 3.63) is 80.5 Å². The molecule has 0 aliphatic rings. The zero-order valence-electron chi connectivity index (χ0n) is 17.9. The number of nitriles is 1. The highest BCUT2D eigenvalue weighted by Crippen LogP contribution is 2.32. The van der Waals surface area contributed by atoms with E-state index in [2.05, 4.69) is 9.97 Å². The van der Waals surface area contributed by atoms with E-state index in [-0.39, 0.29) is 11.3 Å². The summed E-state index contributed by atoms with van der Waals surface area (Å²) in [7, 11) is 3.24. The molecule has 0 radical (unpaired) electrons. The van der Waals surface area contributed by atoms with Gasteiger partial charge in [0.25, 0.3) is 0 Å². The summed E-state index contributed by atoms with van der Waals surface area (Å²) in [6.45, 7) is 0. The van der Waals surface area contributed by atoms with Crippen LogP contribution in [0.5, 0.6) is 5.75 Å². The number of methoxy groups -OCH3 is 1. The summed E-state index contributed by atoms with van der Waals surface area (Å²) in [5.74, 6) is 0.0563. The SMILES string of the molecule is COc1cc2ncc3c(c2cc1CCc1cncs1)n(-c1ccc(C#N)cc1F)c(=O)n3C. The number of hydrogen-bond acceptors (Lipinski definition) is 6. The standard InChI is InChI=1S/C24H18FN5O2S/c1-29-21-12-28-19-9-22(32-2)15(4-5-16-11-27-13-33-16)8-17(19)23(21)30(24(29)31)20-6-3-14(10-26)7-18(20)25/h3,6-9,11-13H,4-5H2,1-2H3. The average Bonchev–Trinajstić information content (AvgIpc) is 3.44. The Labute approximate surface area is 191 Å². The van der Waals surface area contributed by atoms with Crippen LogP contribution < -0.4 is 10.4 Å². The number of rotatable bonds is 5. The minimum Gasteiger partial charge on any atom is -0.496 e. The Morgan fingerprint density at radius 3 is 2.76 bits per heavy atom. The first-order valence-corrected chi connectivity index (χ1v) is 11.0. The predicted molar refractivity (Wildman–Crippen MR) is 125 cm³/mol. The summed E-state index contributed by atoms with van der Waals surface area (Å²) in [5.41, 5.74) is 4.39. The number of pyridine rings is 1. The highest BCUT2D eigenvalue weighted by Gasteiger charge is 2.20. The minimum atomic E-state index is -0.646. The van der Waals surface area contributed by atoms with Gasteiger partial charge in [0.15, 0.2) is 0 Å². The molecule has 0 saturated carbocycles. The number of nitrogens with zero attached hydrogens (tertiary/aromatic N) is 5. The van der Waals surface area contributed by atoms with Crippen molar-refractivity contribution in [2.75, 3.05) is 7.11 Å². The van der Waals surface area contributed by atoms with Gasteiger partial charge in [0.05, 0.1) is 52.7 Å². The van der Waals surface area contributed by atoms with Gasteiger partial charge in [-0.05, 0) is 42.7 Å². The summed E-state index contributed by atoms with van der Waals surface area (Å²) in [5, 5.41) is 9.80. The van der Waals surface area contributed by atoms with Gasteiger partial charge in [0.1, 0.15) is 11.6 Å². The molecule has 33 heavy (non-hydrogen) atoms. The maximum absolute atomic E-state index is 15.0. The molecule has 7 nitrogen and oxygen atoms in total. The lowest BCUT2D eigenvalue weighted by molar-refractivity contribution is 0.410. The van der Waals surface area contributed by atoms with E-state index in [1.54, 1.807) is 37.2 Å². The van der Waals surface area contributed by atoms with Crippen molar-refractivity contribution in [2.24, 2.45) is 7.05 Å². The number of aryl methyl sites for hydroxylation is 3. The number of fused-ring (bicyclic) bond motifs is 3. The topological polar surface area (TPSA) is 85.7 Å². The Kier molecular flexibility index (Phi) is 5.15. The summed E-state index contributed by atoms with van der Waals surface area (Å²) < 4.78 is 23.4. The molecular formula is C24H18FN5O2S. The number of hydrogen-bond donors (Lipinski definition) is 0. The summed E-state index contributed by atoms with van der Waals surface area (Å²) in [6.07, 6.45) is 4.95. The number of thiazole rings is 1. The fraction of sp³-hybridized carbons (Fsp3) is 0.167. The maximum atomic E-state index is 15.0. The van der Waals surface area contributed by atoms with Crippen molar-refractivity contribution < 1.29 is 9.13 Å². The molecule has 0 atom stereocenters. The van der Waals surface area contributed by atoms with Crippen molar-refractivity contribution in [2.45, 2.75) is 12.8 Å². The van der Waals surface area contributed by atoms with Crippen LogP contribution in [0.3, 0.4) is 0 Å². The van der Waals surface area contributed by atoms with Gasteiger partial charge in [-0.2, -0.15) is 5.26 Å². The third kappa shape index (κ3) is 3.45. The molecule has 5 aromatic rings. The molecule has 9 heteroatoms. The van der Waals surface area contributed by atoms with E-state index in [1.165, 1.54) is 21.3 Å². The van der Waals surface area contributed by atoms with Crippen LogP contribution >= 0.6 is 11.3 Å². The van der Waals surface area contributed by atoms with Crippen molar-refractivity contribution in [1.82, 2.24) is 19.1 Å². The lowest BCUT2D eigenvalue weighted by atomic mass is 10.0. The van der Waals surface area contributed by atoms with Crippen LogP contribution in [0.4, 0.5) is 4.39 Å². The van der Waals surface area contributed by atoms with Gasteiger partial charge in [-0.15, -0.1) is 11.3 Å². The lowest BCUT2D eigenvalue weighted by Gasteiger charge is -2.12. The van der Waals surface area contributed by atoms with Gasteiger partial charge in [0.2, 0.25) is 0 Å². The van der Waals surface area contributed by atoms with E-state index in [9.17, 15) is 9.18 Å². The normalized spacial score (nSPS) is 11.2. The highest BCUT2D eigenvalue weighted by atomic mass is 32.1. The zero-order valence-corrected chi connectivity index (χ0v) is 18.7. The molecule has 0 N–H and O–H groups in total. The van der Waals surface area contributed by atoms with Gasteiger partial charge in [0, 0.05) is 29.6 Å². The van der Waals surface area contributed by atoms with Crippen LogP contribution in [-0.4, -0.2) is 26.2 Å². The van der Waals surface area contributed by atoms with Gasteiger partial charge in [-0.25, -0.2) is 9.18 Å². The third-order valence-corrected chi connectivity index (χ3v) is 6.57. The van der Waals surface area contributed by atoms with Crippen molar-refractivity contribution in [1.29, 1.82) is 5.26 Å². The number of aromatic nitrogens is 4. The molecule has 164 valence electrons. The number of imidazole rings is 1. The van der Waals surface area contributed by atoms with Crippen LogP contribution in [0, 0.1) is 17.1 Å². The van der Waals surface area contributed by atoms with E-state index in [1.807, 2.05) is 24.4 Å². The number of benzene rings is 2. The molecule has 0 aliphatic carbocycles. The van der Waals surface area contributed by atoms with Crippen LogP contribution in [0.15, 0.2) is 53.0 Å². The second-order valence-corrected chi connectivity index (χ2v) is 8.57. The fourth-order valence-corrected chi connectivity index (χ4v) is 4.66. The van der Waals surface area contributed by atoms with Crippen LogP contribution in [0.25, 0.3) is 27.6 Å². The molecule has 0 amide bonds. The first-order valence-electron chi connectivity index (χ1n) is 10.2. The van der Waals surface area contributed by atoms with Crippen molar-refractivity contribution in [3.63, 3.8) is 0 Å². The number of ether oxygens (including phenoxy) is 1. The first-order chi connectivity index (χ1) is 16.0. The Morgan fingerprint density at radius 1 is 1.21 bits per heavy atom. The van der Waals surface area contributed by atoms with E-state index < -0.39 is 11.5 Å². The molecule has 3 aromatic heterocycles. The van der Waals surface area contributed by atoms with Crippen LogP contribution in [0.2, 0.25) is 0 Å². The minimum absolute atomic E-state index is 0.0825. The molecule has 0 bridgehead atoms. The first kappa shape index (κ1) is 20.8. The highest BCUT2D eigenvalue weighted by molar-refractivity contribution is 7.09. The van der Waals surface area contributed by atoms with E-state index >= 15 is 0 Å². The second kappa shape index (κ2) is 8.15. The molecule has 0 aliphatic heterocycles. The molecule has 3 heterocycles. The molecule has 0 fully saturated rings. The second-order valence-electron chi connectivity index (χ2n) is 7.60. The monoisotopic (exact) mass is 459 g/mol. The molecule has 2 aromatic carbocycles. The molecule has 5 rings (SSSR count). The Hall–Kier alpha value is -4.03. The molecule has 0 spiro atoms. The largest absolute Gasteiger partial charge is 0.496 e. The quantitative estimate of drug-likeness (QED) is 0.394. The van der Waals surface area contributed by atoms with E-state index in [4.69, 9.17) is 10.00 Å². The Bertz CT molecular complexity index is 1610. The third-order valence-electron chi connectivity index (χ3n) is 5.73. The van der Waals surface area contributed by atoms with Gasteiger partial charge in [-0.3, -0.25) is 19.1 Å². The molecule has 0 unspecified atom stereocenters. The molecule has 0 saturated heterocycles. The van der Waals surface area contributed by atoms with Crippen molar-refractivity contribution in [3.8, 4) is 17.5 Å². The van der Waals surface area contributed by atoms with E-state index in [0.29, 0.717) is 34.1 Å². The van der Waals surface area contributed by atoms with Crippen molar-refractivity contribution >= 4 is 33.3 Å². The smallest absolute Gasteiger partial charge is 0.333 e. The lowest BCUT2D eigenvalue weighted by Crippen LogP contribution is -2.21. The maximum Gasteiger partial charge on any atom is 0.333 e. The van der Waals surface area contributed by atoms with Crippen LogP contribution in [-0.2, 0) is 19.9 Å². The van der Waals surface area contributed by atoms with Crippen LogP contribution in [0.1, 0.15) is 16.0 Å². The number of halogens is 1. The average molecular weight is 460 g/mol. The Balaban J connectivity index is 1.78. The zero-order chi connectivity index (χ0) is 23.1. The summed E-state index contributed by atoms with van der Waals surface area (Å²) in [4.78, 5) is 23.0. The van der Waals surface area contributed by atoms with Gasteiger partial charge in [-0.1, -0.05) is 0 Å².